The normalized spacial score (nSPS) is 20.3. The molecule has 1 atom stereocenters. The van der Waals surface area contributed by atoms with Crippen molar-refractivity contribution in [2.75, 3.05) is 46.0 Å². The molecule has 2 saturated heterocycles. The minimum atomic E-state index is 0.0255. The quantitative estimate of drug-likeness (QED) is 0.725. The lowest BCUT2D eigenvalue weighted by Crippen LogP contribution is -2.41. The predicted molar refractivity (Wildman–Crippen MR) is 113 cm³/mol. The fraction of sp³-hybridized carbons (Fsp3) is 0.565. The number of aryl methyl sites for hydroxylation is 2. The number of hydrogen-bond acceptors (Lipinski definition) is 6. The molecule has 3 heterocycles. The van der Waals surface area contributed by atoms with E-state index in [0.717, 1.165) is 43.9 Å². The van der Waals surface area contributed by atoms with Gasteiger partial charge >= 0.3 is 0 Å². The number of rotatable bonds is 6. The monoisotopic (exact) mass is 413 g/mol. The zero-order valence-electron chi connectivity index (χ0n) is 17.9. The van der Waals surface area contributed by atoms with E-state index in [9.17, 15) is 4.79 Å². The molecule has 1 aromatic carbocycles. The summed E-state index contributed by atoms with van der Waals surface area (Å²) in [5, 5.41) is 4.07. The molecule has 1 aromatic heterocycles. The Labute approximate surface area is 177 Å². The van der Waals surface area contributed by atoms with Gasteiger partial charge in [0.2, 0.25) is 0 Å². The summed E-state index contributed by atoms with van der Waals surface area (Å²) in [4.78, 5) is 17.2. The average molecular weight is 414 g/mol. The highest BCUT2D eigenvalue weighted by Gasteiger charge is 2.25. The van der Waals surface area contributed by atoms with Crippen LogP contribution in [0.15, 0.2) is 28.8 Å². The van der Waals surface area contributed by atoms with E-state index in [1.165, 1.54) is 5.56 Å². The van der Waals surface area contributed by atoms with Crippen LogP contribution in [-0.4, -0.2) is 66.9 Å². The van der Waals surface area contributed by atoms with Gasteiger partial charge in [0, 0.05) is 37.7 Å². The SMILES string of the molecule is Cc1noc(C)c1CN1CCCC(COc2ccccc2C(=O)N2CCOCC2)C1. The molecule has 162 valence electrons. The zero-order chi connectivity index (χ0) is 20.9. The van der Waals surface area contributed by atoms with E-state index >= 15 is 0 Å². The number of aromatic nitrogens is 1. The van der Waals surface area contributed by atoms with Crippen molar-refractivity contribution in [1.82, 2.24) is 15.0 Å². The molecule has 7 nitrogen and oxygen atoms in total. The highest BCUT2D eigenvalue weighted by molar-refractivity contribution is 5.97. The van der Waals surface area contributed by atoms with Gasteiger partial charge in [0.25, 0.3) is 5.91 Å². The Bertz CT molecular complexity index is 840. The third kappa shape index (κ3) is 4.84. The van der Waals surface area contributed by atoms with Gasteiger partial charge in [0.1, 0.15) is 11.5 Å². The number of piperidine rings is 1. The van der Waals surface area contributed by atoms with Crippen LogP contribution in [0.25, 0.3) is 0 Å². The van der Waals surface area contributed by atoms with E-state index in [0.29, 0.717) is 50.1 Å². The first kappa shape index (κ1) is 20.9. The minimum Gasteiger partial charge on any atom is -0.492 e. The van der Waals surface area contributed by atoms with Crippen LogP contribution in [0.1, 0.15) is 40.2 Å². The van der Waals surface area contributed by atoms with Gasteiger partial charge in [0.15, 0.2) is 0 Å². The van der Waals surface area contributed by atoms with Crippen molar-refractivity contribution < 1.29 is 18.8 Å². The van der Waals surface area contributed by atoms with Crippen LogP contribution in [0, 0.1) is 19.8 Å². The number of nitrogens with zero attached hydrogens (tertiary/aromatic N) is 3. The third-order valence-electron chi connectivity index (χ3n) is 6.06. The van der Waals surface area contributed by atoms with Crippen LogP contribution < -0.4 is 4.74 Å². The largest absolute Gasteiger partial charge is 0.492 e. The highest BCUT2D eigenvalue weighted by Crippen LogP contribution is 2.25. The average Bonchev–Trinajstić information content (AvgIpc) is 3.10. The molecule has 0 N–H and O–H groups in total. The Hall–Kier alpha value is -2.38. The van der Waals surface area contributed by atoms with Crippen LogP contribution in [0.3, 0.4) is 0 Å². The smallest absolute Gasteiger partial charge is 0.257 e. The first-order valence-corrected chi connectivity index (χ1v) is 10.8. The lowest BCUT2D eigenvalue weighted by Gasteiger charge is -2.32. The van der Waals surface area contributed by atoms with Gasteiger partial charge in [-0.25, -0.2) is 0 Å². The summed E-state index contributed by atoms with van der Waals surface area (Å²) in [6.07, 6.45) is 2.28. The maximum atomic E-state index is 12.9. The van der Waals surface area contributed by atoms with Crippen molar-refractivity contribution in [2.24, 2.45) is 5.92 Å². The van der Waals surface area contributed by atoms with Crippen molar-refractivity contribution in [3.05, 3.63) is 46.8 Å². The van der Waals surface area contributed by atoms with Crippen LogP contribution in [0.5, 0.6) is 5.75 Å². The number of carbonyl (C=O) groups is 1. The molecule has 0 aliphatic carbocycles. The first-order chi connectivity index (χ1) is 14.6. The molecular weight excluding hydrogens is 382 g/mol. The molecule has 2 aromatic rings. The van der Waals surface area contributed by atoms with Crippen molar-refractivity contribution >= 4 is 5.91 Å². The van der Waals surface area contributed by atoms with Gasteiger partial charge in [-0.1, -0.05) is 17.3 Å². The van der Waals surface area contributed by atoms with E-state index in [-0.39, 0.29) is 5.91 Å². The molecule has 2 fully saturated rings. The molecule has 30 heavy (non-hydrogen) atoms. The zero-order valence-corrected chi connectivity index (χ0v) is 17.9. The predicted octanol–water partition coefficient (Wildman–Crippen LogP) is 3.05. The molecule has 0 spiro atoms. The van der Waals surface area contributed by atoms with Gasteiger partial charge in [-0.15, -0.1) is 0 Å². The summed E-state index contributed by atoms with van der Waals surface area (Å²) in [5.41, 5.74) is 2.81. The first-order valence-electron chi connectivity index (χ1n) is 10.8. The Kier molecular flexibility index (Phi) is 6.69. The number of hydrogen-bond donors (Lipinski definition) is 0. The summed E-state index contributed by atoms with van der Waals surface area (Å²) in [6.45, 7) is 9.96. The third-order valence-corrected chi connectivity index (χ3v) is 6.06. The fourth-order valence-corrected chi connectivity index (χ4v) is 4.30. The van der Waals surface area contributed by atoms with E-state index in [4.69, 9.17) is 14.0 Å². The lowest BCUT2D eigenvalue weighted by atomic mass is 9.98. The second-order valence-corrected chi connectivity index (χ2v) is 8.26. The van der Waals surface area contributed by atoms with Crippen molar-refractivity contribution in [3.8, 4) is 5.75 Å². The van der Waals surface area contributed by atoms with Gasteiger partial charge < -0.3 is 18.9 Å². The number of carbonyl (C=O) groups excluding carboxylic acids is 1. The molecule has 7 heteroatoms. The van der Waals surface area contributed by atoms with Crippen molar-refractivity contribution in [2.45, 2.75) is 33.2 Å². The fourth-order valence-electron chi connectivity index (χ4n) is 4.30. The topological polar surface area (TPSA) is 68.0 Å². The van der Waals surface area contributed by atoms with Crippen LogP contribution >= 0.6 is 0 Å². The number of para-hydroxylation sites is 1. The second-order valence-electron chi connectivity index (χ2n) is 8.26. The molecule has 2 aliphatic heterocycles. The molecule has 1 amide bonds. The molecule has 0 radical (unpaired) electrons. The number of morpholine rings is 1. The van der Waals surface area contributed by atoms with Crippen LogP contribution in [-0.2, 0) is 11.3 Å². The van der Waals surface area contributed by atoms with Gasteiger partial charge in [-0.3, -0.25) is 9.69 Å². The summed E-state index contributed by atoms with van der Waals surface area (Å²) in [7, 11) is 0. The number of amides is 1. The van der Waals surface area contributed by atoms with E-state index in [1.54, 1.807) is 0 Å². The van der Waals surface area contributed by atoms with Crippen molar-refractivity contribution in [1.29, 1.82) is 0 Å². The van der Waals surface area contributed by atoms with Crippen LogP contribution in [0.4, 0.5) is 0 Å². The Balaban J connectivity index is 1.36. The number of benzene rings is 1. The van der Waals surface area contributed by atoms with Gasteiger partial charge in [-0.2, -0.15) is 0 Å². The maximum absolute atomic E-state index is 12.9. The van der Waals surface area contributed by atoms with E-state index in [2.05, 4.69) is 10.1 Å². The lowest BCUT2D eigenvalue weighted by molar-refractivity contribution is 0.0299. The summed E-state index contributed by atoms with van der Waals surface area (Å²) in [6, 6.07) is 7.58. The van der Waals surface area contributed by atoms with Gasteiger partial charge in [0.05, 0.1) is 31.1 Å². The molecule has 2 aliphatic rings. The standard InChI is InChI=1S/C23H31N3O4/c1-17-21(18(2)30-24-17)15-25-9-5-6-19(14-25)16-29-22-8-4-3-7-20(22)23(27)26-10-12-28-13-11-26/h3-4,7-8,19H,5-6,9-16H2,1-2H3. The van der Waals surface area contributed by atoms with E-state index in [1.807, 2.05) is 43.0 Å². The van der Waals surface area contributed by atoms with Gasteiger partial charge in [-0.05, 0) is 45.4 Å². The Morgan fingerprint density at radius 1 is 1.20 bits per heavy atom. The molecule has 1 unspecified atom stereocenters. The van der Waals surface area contributed by atoms with Crippen molar-refractivity contribution in [3.63, 3.8) is 0 Å². The summed E-state index contributed by atoms with van der Waals surface area (Å²) >= 11 is 0. The molecular formula is C23H31N3O4. The van der Waals surface area contributed by atoms with E-state index < -0.39 is 0 Å². The minimum absolute atomic E-state index is 0.0255. The second kappa shape index (κ2) is 9.62. The molecule has 4 rings (SSSR count). The Morgan fingerprint density at radius 3 is 2.77 bits per heavy atom. The number of likely N-dealkylation sites (tertiary alicyclic amines) is 1. The summed E-state index contributed by atoms with van der Waals surface area (Å²) < 4.78 is 16.9. The summed E-state index contributed by atoms with van der Waals surface area (Å²) in [5.74, 6) is 2.04. The number of ether oxygens (including phenoxy) is 2. The molecule has 0 bridgehead atoms. The van der Waals surface area contributed by atoms with Crippen LogP contribution in [0.2, 0.25) is 0 Å². The Morgan fingerprint density at radius 2 is 2.00 bits per heavy atom. The molecule has 0 saturated carbocycles. The maximum Gasteiger partial charge on any atom is 0.257 e. The highest BCUT2D eigenvalue weighted by atomic mass is 16.5.